The first-order valence-electron chi connectivity index (χ1n) is 7.89. The summed E-state index contributed by atoms with van der Waals surface area (Å²) >= 11 is 19.2. The van der Waals surface area contributed by atoms with Crippen molar-refractivity contribution in [2.75, 3.05) is 5.75 Å². The maximum atomic E-state index is 12.2. The van der Waals surface area contributed by atoms with Gasteiger partial charge in [-0.2, -0.15) is 0 Å². The van der Waals surface area contributed by atoms with Gasteiger partial charge in [0.25, 0.3) is 5.22 Å². The number of hydrogen-bond donors (Lipinski definition) is 1. The molecule has 5 nitrogen and oxygen atoms in total. The van der Waals surface area contributed by atoms with E-state index in [1.54, 1.807) is 24.3 Å². The minimum atomic E-state index is -0.214. The van der Waals surface area contributed by atoms with E-state index in [1.165, 1.54) is 0 Å². The van der Waals surface area contributed by atoms with Crippen LogP contribution < -0.4 is 5.32 Å². The molecule has 0 saturated heterocycles. The number of carbonyl (C=O) groups excluding carboxylic acids is 1. The van der Waals surface area contributed by atoms with Gasteiger partial charge in [-0.05, 0) is 36.8 Å². The van der Waals surface area contributed by atoms with E-state index < -0.39 is 0 Å². The van der Waals surface area contributed by atoms with Crippen LogP contribution in [0.25, 0.3) is 11.5 Å². The average molecular weight is 443 g/mol. The molecule has 1 unspecified atom stereocenters. The lowest BCUT2D eigenvalue weighted by atomic mass is 10.1. The van der Waals surface area contributed by atoms with E-state index in [-0.39, 0.29) is 17.7 Å². The Bertz CT molecular complexity index is 965. The highest BCUT2D eigenvalue weighted by Gasteiger charge is 2.15. The Kier molecular flexibility index (Phi) is 6.65. The van der Waals surface area contributed by atoms with Crippen LogP contribution in [-0.4, -0.2) is 21.9 Å². The molecular weight excluding hydrogens is 429 g/mol. The Labute approximate surface area is 175 Å². The number of halogens is 3. The minimum Gasteiger partial charge on any atom is -0.411 e. The third kappa shape index (κ3) is 5.17. The second kappa shape index (κ2) is 8.97. The largest absolute Gasteiger partial charge is 0.411 e. The van der Waals surface area contributed by atoms with Crippen LogP contribution in [0.15, 0.2) is 52.1 Å². The molecule has 140 valence electrons. The van der Waals surface area contributed by atoms with Crippen molar-refractivity contribution < 1.29 is 9.21 Å². The summed E-state index contributed by atoms with van der Waals surface area (Å²) in [6.45, 7) is 1.87. The van der Waals surface area contributed by atoms with Crippen molar-refractivity contribution in [3.63, 3.8) is 0 Å². The molecule has 9 heteroatoms. The first kappa shape index (κ1) is 20.0. The van der Waals surface area contributed by atoms with Gasteiger partial charge in [-0.15, -0.1) is 10.2 Å². The molecule has 2 aromatic carbocycles. The molecule has 1 heterocycles. The zero-order chi connectivity index (χ0) is 19.4. The van der Waals surface area contributed by atoms with Crippen molar-refractivity contribution in [3.8, 4) is 11.5 Å². The van der Waals surface area contributed by atoms with Crippen LogP contribution in [0.5, 0.6) is 0 Å². The van der Waals surface area contributed by atoms with Crippen molar-refractivity contribution in [1.82, 2.24) is 15.5 Å². The fourth-order valence-corrected chi connectivity index (χ4v) is 3.38. The molecule has 0 radical (unpaired) electrons. The number of carbonyl (C=O) groups is 1. The van der Waals surface area contributed by atoms with E-state index in [2.05, 4.69) is 15.5 Å². The third-order valence-corrected chi connectivity index (χ3v) is 5.55. The monoisotopic (exact) mass is 441 g/mol. The predicted molar refractivity (Wildman–Crippen MR) is 108 cm³/mol. The Morgan fingerprint density at radius 1 is 1.11 bits per heavy atom. The summed E-state index contributed by atoms with van der Waals surface area (Å²) in [4.78, 5) is 12.2. The molecule has 1 amide bonds. The molecular formula is C18H14Cl3N3O2S. The maximum absolute atomic E-state index is 12.2. The number of thioether (sulfide) groups is 1. The van der Waals surface area contributed by atoms with Crippen molar-refractivity contribution in [2.24, 2.45) is 0 Å². The van der Waals surface area contributed by atoms with Gasteiger partial charge < -0.3 is 9.73 Å². The number of aromatic nitrogens is 2. The highest BCUT2D eigenvalue weighted by molar-refractivity contribution is 7.99. The van der Waals surface area contributed by atoms with Crippen LogP contribution in [0.1, 0.15) is 18.5 Å². The van der Waals surface area contributed by atoms with E-state index in [4.69, 9.17) is 39.2 Å². The summed E-state index contributed by atoms with van der Waals surface area (Å²) in [7, 11) is 0. The smallest absolute Gasteiger partial charge is 0.277 e. The first-order valence-corrected chi connectivity index (χ1v) is 10.0. The summed E-state index contributed by atoms with van der Waals surface area (Å²) < 4.78 is 5.56. The summed E-state index contributed by atoms with van der Waals surface area (Å²) in [6.07, 6.45) is 0. The van der Waals surface area contributed by atoms with Crippen LogP contribution in [0.3, 0.4) is 0 Å². The summed E-state index contributed by atoms with van der Waals surface area (Å²) in [5.74, 6) is 0.277. The number of amides is 1. The molecule has 0 aliphatic heterocycles. The predicted octanol–water partition coefficient (Wildman–Crippen LogP) is 5.67. The van der Waals surface area contributed by atoms with Crippen LogP contribution in [-0.2, 0) is 4.79 Å². The second-order valence-corrected chi connectivity index (χ2v) is 7.75. The molecule has 27 heavy (non-hydrogen) atoms. The number of hydrogen-bond acceptors (Lipinski definition) is 5. The van der Waals surface area contributed by atoms with E-state index in [0.29, 0.717) is 31.7 Å². The van der Waals surface area contributed by atoms with Crippen LogP contribution in [0.4, 0.5) is 0 Å². The zero-order valence-corrected chi connectivity index (χ0v) is 17.2. The lowest BCUT2D eigenvalue weighted by molar-refractivity contribution is -0.119. The van der Waals surface area contributed by atoms with Crippen molar-refractivity contribution >= 4 is 52.5 Å². The van der Waals surface area contributed by atoms with Gasteiger partial charge >= 0.3 is 0 Å². The van der Waals surface area contributed by atoms with E-state index in [1.807, 2.05) is 25.1 Å². The molecule has 3 rings (SSSR count). The average Bonchev–Trinajstić information content (AvgIpc) is 3.11. The molecule has 3 aromatic rings. The van der Waals surface area contributed by atoms with Crippen molar-refractivity contribution in [2.45, 2.75) is 18.2 Å². The highest BCUT2D eigenvalue weighted by Crippen LogP contribution is 2.29. The van der Waals surface area contributed by atoms with Crippen LogP contribution in [0.2, 0.25) is 15.1 Å². The Balaban J connectivity index is 1.56. The Hall–Kier alpha value is -1.73. The van der Waals surface area contributed by atoms with Gasteiger partial charge in [0.15, 0.2) is 0 Å². The lowest BCUT2D eigenvalue weighted by Crippen LogP contribution is -2.28. The van der Waals surface area contributed by atoms with Gasteiger partial charge in [0.2, 0.25) is 11.8 Å². The third-order valence-electron chi connectivity index (χ3n) is 3.66. The normalized spacial score (nSPS) is 12.0. The van der Waals surface area contributed by atoms with Gasteiger partial charge in [0, 0.05) is 0 Å². The fraction of sp³-hybridized carbons (Fsp3) is 0.167. The van der Waals surface area contributed by atoms with Crippen molar-refractivity contribution in [3.05, 3.63) is 63.1 Å². The molecule has 0 bridgehead atoms. The van der Waals surface area contributed by atoms with Crippen LogP contribution >= 0.6 is 46.6 Å². The first-order chi connectivity index (χ1) is 12.9. The summed E-state index contributed by atoms with van der Waals surface area (Å²) in [5, 5.41) is 12.5. The quantitative estimate of drug-likeness (QED) is 0.498. The topological polar surface area (TPSA) is 68.0 Å². The van der Waals surface area contributed by atoms with Crippen molar-refractivity contribution in [1.29, 1.82) is 0 Å². The highest BCUT2D eigenvalue weighted by atomic mass is 35.5. The summed E-state index contributed by atoms with van der Waals surface area (Å²) in [6, 6.07) is 12.2. The molecule has 0 aliphatic carbocycles. The van der Waals surface area contributed by atoms with Gasteiger partial charge in [-0.1, -0.05) is 64.8 Å². The van der Waals surface area contributed by atoms with E-state index in [0.717, 1.165) is 17.3 Å². The van der Waals surface area contributed by atoms with Crippen LogP contribution in [0, 0.1) is 0 Å². The molecule has 1 N–H and O–H groups in total. The standard InChI is InChI=1S/C18H14Cl3N3O2S/c1-10(11-6-7-14(20)15(21)8-11)22-16(25)9-27-18-24-23-17(26-18)12-4-2-3-5-13(12)19/h2-8,10H,9H2,1H3,(H,22,25). The van der Waals surface area contributed by atoms with Gasteiger partial charge in [0.1, 0.15) is 0 Å². The van der Waals surface area contributed by atoms with Gasteiger partial charge in [0.05, 0.1) is 32.4 Å². The number of rotatable bonds is 6. The Morgan fingerprint density at radius 3 is 2.63 bits per heavy atom. The molecule has 0 fully saturated rings. The summed E-state index contributed by atoms with van der Waals surface area (Å²) in [5.41, 5.74) is 1.51. The fourth-order valence-electron chi connectivity index (χ4n) is 2.29. The molecule has 0 saturated carbocycles. The van der Waals surface area contributed by atoms with E-state index in [9.17, 15) is 4.79 Å². The van der Waals surface area contributed by atoms with Gasteiger partial charge in [-0.3, -0.25) is 4.79 Å². The van der Waals surface area contributed by atoms with Gasteiger partial charge in [-0.25, -0.2) is 0 Å². The maximum Gasteiger partial charge on any atom is 0.277 e. The zero-order valence-electron chi connectivity index (χ0n) is 14.1. The number of nitrogens with zero attached hydrogens (tertiary/aromatic N) is 2. The molecule has 0 aliphatic rings. The number of benzene rings is 2. The lowest BCUT2D eigenvalue weighted by Gasteiger charge is -2.14. The molecule has 1 atom stereocenters. The molecule has 1 aromatic heterocycles. The SMILES string of the molecule is CC(NC(=O)CSc1nnc(-c2ccccc2Cl)o1)c1ccc(Cl)c(Cl)c1. The number of nitrogens with one attached hydrogen (secondary N) is 1. The Morgan fingerprint density at radius 2 is 1.89 bits per heavy atom. The molecule has 0 spiro atoms. The minimum absolute atomic E-state index is 0.135. The second-order valence-electron chi connectivity index (χ2n) is 5.60. The van der Waals surface area contributed by atoms with E-state index >= 15 is 0 Å².